The number of nitrogens with zero attached hydrogens (tertiary/aromatic N) is 2. The third-order valence-corrected chi connectivity index (χ3v) is 5.11. The number of imide groups is 1. The van der Waals surface area contributed by atoms with Gasteiger partial charge in [0, 0.05) is 17.0 Å². The Morgan fingerprint density at radius 3 is 2.15 bits per heavy atom. The van der Waals surface area contributed by atoms with Gasteiger partial charge in [-0.1, -0.05) is 12.2 Å². The molecule has 1 fully saturated rings. The van der Waals surface area contributed by atoms with E-state index in [-0.39, 0.29) is 23.1 Å². The minimum absolute atomic E-state index is 0.111. The topological polar surface area (TPSA) is 59.4 Å². The van der Waals surface area contributed by atoms with E-state index >= 15 is 0 Å². The molecule has 0 aromatic carbocycles. The number of aryl methyl sites for hydroxylation is 1. The van der Waals surface area contributed by atoms with Crippen LogP contribution in [0.2, 0.25) is 0 Å². The Kier molecular flexibility index (Phi) is 4.54. The molecule has 1 aliphatic carbocycles. The molecule has 2 unspecified atom stereocenters. The second kappa shape index (κ2) is 6.41. The lowest BCUT2D eigenvalue weighted by atomic mass is 9.85. The first kappa shape index (κ1) is 18.4. The minimum Gasteiger partial charge on any atom is -0.339 e. The second-order valence-corrected chi connectivity index (χ2v) is 6.83. The molecule has 26 heavy (non-hydrogen) atoms. The van der Waals surface area contributed by atoms with Crippen LogP contribution in [0.3, 0.4) is 0 Å². The molecule has 5 nitrogen and oxygen atoms in total. The Morgan fingerprint density at radius 2 is 1.65 bits per heavy atom. The zero-order chi connectivity index (χ0) is 19.2. The summed E-state index contributed by atoms with van der Waals surface area (Å²) in [7, 11) is 0. The molecule has 2 heterocycles. The Balaban J connectivity index is 1.80. The van der Waals surface area contributed by atoms with Crippen molar-refractivity contribution in [3.63, 3.8) is 0 Å². The van der Waals surface area contributed by atoms with Crippen molar-refractivity contribution in [2.75, 3.05) is 6.54 Å². The van der Waals surface area contributed by atoms with Gasteiger partial charge in [0.05, 0.1) is 18.4 Å². The zero-order valence-electron chi connectivity index (χ0n) is 14.5. The van der Waals surface area contributed by atoms with E-state index in [2.05, 4.69) is 0 Å². The summed E-state index contributed by atoms with van der Waals surface area (Å²) < 4.78 is 39.1. The van der Waals surface area contributed by atoms with E-state index in [0.29, 0.717) is 18.5 Å². The Bertz CT molecular complexity index is 781. The summed E-state index contributed by atoms with van der Waals surface area (Å²) in [6.45, 7) is 1.31. The zero-order valence-corrected chi connectivity index (χ0v) is 14.5. The van der Waals surface area contributed by atoms with Crippen LogP contribution in [0.4, 0.5) is 13.2 Å². The van der Waals surface area contributed by atoms with Crippen molar-refractivity contribution in [3.8, 4) is 0 Å². The number of fused-ring (bicyclic) bond motifs is 1. The summed E-state index contributed by atoms with van der Waals surface area (Å²) in [5.74, 6) is -2.14. The summed E-state index contributed by atoms with van der Waals surface area (Å²) in [4.78, 5) is 38.4. The third kappa shape index (κ3) is 3.20. The highest BCUT2D eigenvalue weighted by molar-refractivity contribution is 6.10. The number of likely N-dealkylation sites (tertiary alicyclic amines) is 1. The van der Waals surface area contributed by atoms with Crippen LogP contribution in [0.5, 0.6) is 0 Å². The van der Waals surface area contributed by atoms with Crippen LogP contribution >= 0.6 is 0 Å². The summed E-state index contributed by atoms with van der Waals surface area (Å²) in [5, 5.41) is 0. The molecule has 1 saturated heterocycles. The van der Waals surface area contributed by atoms with E-state index in [9.17, 15) is 27.6 Å². The van der Waals surface area contributed by atoms with Crippen molar-refractivity contribution < 1.29 is 27.6 Å². The largest absolute Gasteiger partial charge is 0.406 e. The van der Waals surface area contributed by atoms with Crippen LogP contribution in [-0.4, -0.2) is 39.8 Å². The SMILES string of the molecule is Cc1cc(C(=O)CN2C(=O)C3CC=CCC3C2=O)c(C)n1CC(F)(F)F. The van der Waals surface area contributed by atoms with E-state index in [0.717, 1.165) is 9.47 Å². The molecule has 8 heteroatoms. The van der Waals surface area contributed by atoms with Crippen LogP contribution in [0.1, 0.15) is 34.6 Å². The second-order valence-electron chi connectivity index (χ2n) is 6.83. The van der Waals surface area contributed by atoms with Gasteiger partial charge in [0.25, 0.3) is 0 Å². The van der Waals surface area contributed by atoms with Crippen molar-refractivity contribution in [2.24, 2.45) is 11.8 Å². The smallest absolute Gasteiger partial charge is 0.339 e. The quantitative estimate of drug-likeness (QED) is 0.467. The molecule has 2 aliphatic rings. The fourth-order valence-corrected chi connectivity index (χ4v) is 3.76. The van der Waals surface area contributed by atoms with E-state index in [1.54, 1.807) is 0 Å². The number of hydrogen-bond acceptors (Lipinski definition) is 3. The van der Waals surface area contributed by atoms with E-state index < -0.39 is 36.9 Å². The van der Waals surface area contributed by atoms with Crippen molar-refractivity contribution in [1.29, 1.82) is 0 Å². The molecule has 2 atom stereocenters. The van der Waals surface area contributed by atoms with Crippen molar-refractivity contribution >= 4 is 17.6 Å². The van der Waals surface area contributed by atoms with Crippen molar-refractivity contribution in [1.82, 2.24) is 9.47 Å². The molecule has 0 bridgehead atoms. The Hall–Kier alpha value is -2.38. The molecular formula is C18H19F3N2O3. The molecule has 1 aromatic heterocycles. The molecule has 3 rings (SSSR count). The van der Waals surface area contributed by atoms with Crippen LogP contribution in [-0.2, 0) is 16.1 Å². The number of rotatable bonds is 4. The molecule has 1 aromatic rings. The molecule has 0 saturated carbocycles. The molecule has 2 amide bonds. The lowest BCUT2D eigenvalue weighted by molar-refractivity contribution is -0.141. The number of carbonyl (C=O) groups is 3. The predicted octanol–water partition coefficient (Wildman–Crippen LogP) is 2.80. The van der Waals surface area contributed by atoms with Gasteiger partial charge in [-0.3, -0.25) is 19.3 Å². The lowest BCUT2D eigenvalue weighted by Crippen LogP contribution is -2.36. The maximum absolute atomic E-state index is 12.7. The third-order valence-electron chi connectivity index (χ3n) is 5.11. The van der Waals surface area contributed by atoms with Crippen LogP contribution < -0.4 is 0 Å². The van der Waals surface area contributed by atoms with E-state index in [4.69, 9.17) is 0 Å². The Labute approximate surface area is 148 Å². The Morgan fingerprint density at radius 1 is 1.12 bits per heavy atom. The summed E-state index contributed by atoms with van der Waals surface area (Å²) in [5.41, 5.74) is 0.600. The van der Waals surface area contributed by atoms with Crippen LogP contribution in [0.15, 0.2) is 18.2 Å². The van der Waals surface area contributed by atoms with E-state index in [1.165, 1.54) is 19.9 Å². The monoisotopic (exact) mass is 368 g/mol. The normalized spacial score (nSPS) is 22.9. The van der Waals surface area contributed by atoms with Gasteiger partial charge in [0.1, 0.15) is 6.54 Å². The van der Waals surface area contributed by atoms with Gasteiger partial charge in [-0.05, 0) is 32.8 Å². The minimum atomic E-state index is -4.40. The highest BCUT2D eigenvalue weighted by Crippen LogP contribution is 2.35. The maximum atomic E-state index is 12.7. The number of hydrogen-bond donors (Lipinski definition) is 0. The van der Waals surface area contributed by atoms with Gasteiger partial charge in [-0.15, -0.1) is 0 Å². The van der Waals surface area contributed by atoms with Gasteiger partial charge in [0.15, 0.2) is 5.78 Å². The van der Waals surface area contributed by atoms with Gasteiger partial charge in [-0.2, -0.15) is 13.2 Å². The number of ketones is 1. The van der Waals surface area contributed by atoms with Gasteiger partial charge in [0.2, 0.25) is 11.8 Å². The number of allylic oxidation sites excluding steroid dienone is 2. The average Bonchev–Trinajstić information content (AvgIpc) is 2.97. The summed E-state index contributed by atoms with van der Waals surface area (Å²) >= 11 is 0. The number of alkyl halides is 3. The number of aromatic nitrogens is 1. The predicted molar refractivity (Wildman–Crippen MR) is 86.4 cm³/mol. The molecule has 0 N–H and O–H groups in total. The van der Waals surface area contributed by atoms with Crippen LogP contribution in [0, 0.1) is 25.7 Å². The lowest BCUT2D eigenvalue weighted by Gasteiger charge is -2.14. The molecular weight excluding hydrogens is 349 g/mol. The number of halogens is 3. The van der Waals surface area contributed by atoms with Gasteiger partial charge < -0.3 is 4.57 Å². The van der Waals surface area contributed by atoms with Gasteiger partial charge >= 0.3 is 6.18 Å². The fourth-order valence-electron chi connectivity index (χ4n) is 3.76. The fraction of sp³-hybridized carbons (Fsp3) is 0.500. The number of amides is 2. The highest BCUT2D eigenvalue weighted by Gasteiger charge is 2.47. The standard InChI is InChI=1S/C18H19F3N2O3/c1-10-7-14(11(2)23(10)9-18(19,20)21)15(24)8-22-16(25)12-5-3-4-6-13(12)17(22)26/h3-4,7,12-13H,5-6,8-9H2,1-2H3. The number of Topliss-reactive ketones (excluding diaryl/α,β-unsaturated/α-hetero) is 1. The van der Waals surface area contributed by atoms with Crippen molar-refractivity contribution in [2.45, 2.75) is 39.4 Å². The molecule has 0 spiro atoms. The number of carbonyl (C=O) groups excluding carboxylic acids is 3. The first-order valence-corrected chi connectivity index (χ1v) is 8.37. The molecule has 0 radical (unpaired) electrons. The molecule has 140 valence electrons. The average molecular weight is 368 g/mol. The molecule has 1 aliphatic heterocycles. The summed E-state index contributed by atoms with van der Waals surface area (Å²) in [6, 6.07) is 1.38. The van der Waals surface area contributed by atoms with Crippen LogP contribution in [0.25, 0.3) is 0 Å². The first-order valence-electron chi connectivity index (χ1n) is 8.37. The van der Waals surface area contributed by atoms with Crippen molar-refractivity contribution in [3.05, 3.63) is 35.2 Å². The first-order chi connectivity index (χ1) is 12.1. The summed E-state index contributed by atoms with van der Waals surface area (Å²) in [6.07, 6.45) is 0.239. The highest BCUT2D eigenvalue weighted by atomic mass is 19.4. The van der Waals surface area contributed by atoms with E-state index in [1.807, 2.05) is 12.2 Å². The maximum Gasteiger partial charge on any atom is 0.406 e. The van der Waals surface area contributed by atoms with Gasteiger partial charge in [-0.25, -0.2) is 0 Å².